The number of halogens is 2. The topological polar surface area (TPSA) is 12.0 Å². The molecule has 0 radical (unpaired) electrons. The van der Waals surface area contributed by atoms with E-state index in [4.69, 9.17) is 0 Å². The number of aryl methyl sites for hydroxylation is 1. The Kier molecular flexibility index (Phi) is 7.12. The maximum Gasteiger partial charge on any atom is 0.154 e. The molecule has 0 bridgehead atoms. The summed E-state index contributed by atoms with van der Waals surface area (Å²) in [6.07, 6.45) is 4.84. The smallest absolute Gasteiger partial charge is 0.154 e. The predicted molar refractivity (Wildman–Crippen MR) is 112 cm³/mol. The van der Waals surface area contributed by atoms with Gasteiger partial charge in [0.15, 0.2) is 5.82 Å². The molecular weight excluding hydrogens is 340 g/mol. The first-order valence-electron chi connectivity index (χ1n) is 9.07. The molecule has 0 aliphatic rings. The van der Waals surface area contributed by atoms with Crippen LogP contribution in [0.5, 0.6) is 0 Å². The lowest BCUT2D eigenvalue weighted by Gasteiger charge is -2.15. The Morgan fingerprint density at radius 1 is 1.15 bits per heavy atom. The fraction of sp³-hybridized carbons (Fsp3) is 0.250. The van der Waals surface area contributed by atoms with Gasteiger partial charge >= 0.3 is 0 Å². The number of nitrogens with one attached hydrogen (secondary N) is 1. The highest BCUT2D eigenvalue weighted by molar-refractivity contribution is 5.79. The Morgan fingerprint density at radius 3 is 2.37 bits per heavy atom. The summed E-state index contributed by atoms with van der Waals surface area (Å²) in [6, 6.07) is 11.5. The largest absolute Gasteiger partial charge is 0.386 e. The van der Waals surface area contributed by atoms with Gasteiger partial charge in [-0.1, -0.05) is 66.3 Å². The van der Waals surface area contributed by atoms with Crippen LogP contribution in [0.2, 0.25) is 0 Å². The molecule has 0 aromatic heterocycles. The van der Waals surface area contributed by atoms with Gasteiger partial charge in [-0.2, -0.15) is 0 Å². The third kappa shape index (κ3) is 5.16. The molecule has 1 nitrogen and oxygen atoms in total. The number of anilines is 1. The van der Waals surface area contributed by atoms with Gasteiger partial charge in [0.2, 0.25) is 0 Å². The van der Waals surface area contributed by atoms with Crippen LogP contribution in [0.15, 0.2) is 66.8 Å². The van der Waals surface area contributed by atoms with Crippen molar-refractivity contribution in [1.29, 1.82) is 0 Å². The molecule has 0 fully saturated rings. The molecule has 0 saturated carbocycles. The highest BCUT2D eigenvalue weighted by atomic mass is 19.1. The first kappa shape index (κ1) is 20.6. The average Bonchev–Trinajstić information content (AvgIpc) is 2.64. The summed E-state index contributed by atoms with van der Waals surface area (Å²) < 4.78 is 29.0. The number of rotatable bonds is 7. The first-order valence-corrected chi connectivity index (χ1v) is 9.07. The second kappa shape index (κ2) is 9.31. The summed E-state index contributed by atoms with van der Waals surface area (Å²) in [7, 11) is 1.64. The van der Waals surface area contributed by atoms with Crippen molar-refractivity contribution in [2.24, 2.45) is 0 Å². The van der Waals surface area contributed by atoms with Crippen molar-refractivity contribution in [2.45, 2.75) is 33.4 Å². The van der Waals surface area contributed by atoms with E-state index >= 15 is 0 Å². The minimum atomic E-state index is -1.28. The lowest BCUT2D eigenvalue weighted by Crippen LogP contribution is -2.02. The highest BCUT2D eigenvalue weighted by Crippen LogP contribution is 2.33. The molecule has 2 rings (SSSR count). The Hall–Kier alpha value is -2.68. The van der Waals surface area contributed by atoms with Crippen molar-refractivity contribution >= 4 is 11.3 Å². The van der Waals surface area contributed by atoms with Crippen LogP contribution >= 0.6 is 0 Å². The van der Waals surface area contributed by atoms with Crippen LogP contribution in [0.4, 0.5) is 14.5 Å². The molecular formula is C24H27F2N. The molecule has 0 aliphatic carbocycles. The second-order valence-electron chi connectivity index (χ2n) is 6.76. The van der Waals surface area contributed by atoms with Crippen molar-refractivity contribution in [1.82, 2.24) is 0 Å². The van der Waals surface area contributed by atoms with Gasteiger partial charge in [-0.25, -0.2) is 8.78 Å². The van der Waals surface area contributed by atoms with Gasteiger partial charge in [-0.05, 0) is 50.0 Å². The molecule has 0 heterocycles. The van der Waals surface area contributed by atoms with Crippen LogP contribution in [-0.2, 0) is 6.42 Å². The summed E-state index contributed by atoms with van der Waals surface area (Å²) in [4.78, 5) is 0. The lowest BCUT2D eigenvalue weighted by atomic mass is 9.94. The van der Waals surface area contributed by atoms with E-state index < -0.39 is 12.0 Å². The lowest BCUT2D eigenvalue weighted by molar-refractivity contribution is 0.372. The number of hydrogen-bond acceptors (Lipinski definition) is 1. The van der Waals surface area contributed by atoms with Gasteiger partial charge in [-0.3, -0.25) is 0 Å². The Bertz CT molecular complexity index is 859. The van der Waals surface area contributed by atoms with E-state index in [1.165, 1.54) is 18.1 Å². The van der Waals surface area contributed by atoms with Crippen molar-refractivity contribution in [2.75, 3.05) is 12.4 Å². The summed E-state index contributed by atoms with van der Waals surface area (Å²) >= 11 is 0. The zero-order valence-electron chi connectivity index (χ0n) is 16.4. The summed E-state index contributed by atoms with van der Waals surface area (Å²) in [5.74, 6) is -0.463. The Balaban J connectivity index is 2.40. The van der Waals surface area contributed by atoms with E-state index in [0.29, 0.717) is 16.8 Å². The quantitative estimate of drug-likeness (QED) is 0.521. The molecule has 3 heteroatoms. The molecule has 1 N–H and O–H groups in total. The van der Waals surface area contributed by atoms with Gasteiger partial charge in [0, 0.05) is 12.6 Å². The van der Waals surface area contributed by atoms with Crippen molar-refractivity contribution in [3.05, 3.63) is 94.8 Å². The van der Waals surface area contributed by atoms with E-state index in [-0.39, 0.29) is 5.56 Å². The van der Waals surface area contributed by atoms with Gasteiger partial charge in [0.05, 0.1) is 5.69 Å². The number of benzene rings is 2. The zero-order chi connectivity index (χ0) is 20.0. The van der Waals surface area contributed by atoms with Crippen molar-refractivity contribution < 1.29 is 8.78 Å². The molecule has 2 aromatic rings. The van der Waals surface area contributed by atoms with Crippen LogP contribution in [-0.4, -0.2) is 7.05 Å². The number of hydrogen-bond donors (Lipinski definition) is 1. The second-order valence-corrected chi connectivity index (χ2v) is 6.76. The zero-order valence-corrected chi connectivity index (χ0v) is 16.4. The third-order valence-electron chi connectivity index (χ3n) is 4.53. The maximum atomic E-state index is 14.9. The Labute approximate surface area is 161 Å². The molecule has 0 aliphatic heterocycles. The van der Waals surface area contributed by atoms with E-state index in [0.717, 1.165) is 12.0 Å². The predicted octanol–water partition coefficient (Wildman–Crippen LogP) is 6.96. The summed E-state index contributed by atoms with van der Waals surface area (Å²) in [6.45, 7) is 9.29. The van der Waals surface area contributed by atoms with Crippen LogP contribution < -0.4 is 5.32 Å². The SMILES string of the molecule is C=C/C(=C\C=C(/C)Cc1ccc(C)cc1)c1c(C(C)F)ccc(NC)c1F. The van der Waals surface area contributed by atoms with Crippen LogP contribution in [0.3, 0.4) is 0 Å². The van der Waals surface area contributed by atoms with Gasteiger partial charge < -0.3 is 5.32 Å². The molecule has 2 aromatic carbocycles. The highest BCUT2D eigenvalue weighted by Gasteiger charge is 2.18. The monoisotopic (exact) mass is 367 g/mol. The fourth-order valence-electron chi connectivity index (χ4n) is 2.98. The molecule has 0 spiro atoms. The van der Waals surface area contributed by atoms with Gasteiger partial charge in [-0.15, -0.1) is 0 Å². The van der Waals surface area contributed by atoms with E-state index in [1.807, 2.05) is 13.0 Å². The van der Waals surface area contributed by atoms with Gasteiger partial charge in [0.1, 0.15) is 6.17 Å². The van der Waals surface area contributed by atoms with Crippen molar-refractivity contribution in [3.8, 4) is 0 Å². The molecule has 1 atom stereocenters. The fourth-order valence-corrected chi connectivity index (χ4v) is 2.98. The first-order chi connectivity index (χ1) is 12.9. The molecule has 142 valence electrons. The minimum absolute atomic E-state index is 0.256. The van der Waals surface area contributed by atoms with E-state index in [1.54, 1.807) is 31.3 Å². The number of allylic oxidation sites excluding steroid dienone is 5. The third-order valence-corrected chi connectivity index (χ3v) is 4.53. The summed E-state index contributed by atoms with van der Waals surface area (Å²) in [5.41, 5.74) is 5.04. The molecule has 0 amide bonds. The molecule has 27 heavy (non-hydrogen) atoms. The van der Waals surface area contributed by atoms with Crippen LogP contribution in [0, 0.1) is 12.7 Å². The minimum Gasteiger partial charge on any atom is -0.386 e. The Morgan fingerprint density at radius 2 is 1.81 bits per heavy atom. The normalized spacial score (nSPS) is 13.4. The molecule has 1 unspecified atom stereocenters. The van der Waals surface area contributed by atoms with Crippen molar-refractivity contribution in [3.63, 3.8) is 0 Å². The maximum absolute atomic E-state index is 14.9. The van der Waals surface area contributed by atoms with Gasteiger partial charge in [0.25, 0.3) is 0 Å². The van der Waals surface area contributed by atoms with E-state index in [2.05, 4.69) is 43.1 Å². The van der Waals surface area contributed by atoms with Crippen LogP contribution in [0.25, 0.3) is 5.57 Å². The van der Waals surface area contributed by atoms with Crippen LogP contribution in [0.1, 0.15) is 42.3 Å². The molecule has 0 saturated heterocycles. The standard InChI is InChI=1S/C24H27F2N/c1-6-20(12-9-17(3)15-19-10-7-16(2)8-11-19)23-21(18(4)25)13-14-22(27-5)24(23)26/h6-14,18,27H,1,15H2,2-5H3/b17-9+,20-12+. The summed E-state index contributed by atoms with van der Waals surface area (Å²) in [5, 5.41) is 2.81. The number of alkyl halides is 1. The average molecular weight is 367 g/mol. The van der Waals surface area contributed by atoms with E-state index in [9.17, 15) is 8.78 Å².